The molecule has 0 saturated heterocycles. The number of hydrogen-bond acceptors (Lipinski definition) is 2. The van der Waals surface area contributed by atoms with E-state index >= 15 is 0 Å². The summed E-state index contributed by atoms with van der Waals surface area (Å²) >= 11 is 0. The number of aliphatic carboxylic acids is 1. The molecule has 144 valence electrons. The Bertz CT molecular complexity index is 287. The summed E-state index contributed by atoms with van der Waals surface area (Å²) in [5.41, 5.74) is -0.449. The topological polar surface area (TPSA) is 57.5 Å². The molecular weight excluding hydrogens is 300 g/mol. The number of rotatable bonds is 18. The second kappa shape index (κ2) is 15.9. The third-order valence-corrected chi connectivity index (χ3v) is 4.92. The van der Waals surface area contributed by atoms with Crippen LogP contribution in [0, 0.1) is 0 Å². The summed E-state index contributed by atoms with van der Waals surface area (Å²) in [7, 11) is 0. The van der Waals surface area contributed by atoms with Crippen LogP contribution in [0.5, 0.6) is 0 Å². The maximum atomic E-state index is 10.4. The number of hydrogen-bond donors (Lipinski definition) is 2. The minimum Gasteiger partial charge on any atom is -0.481 e. The van der Waals surface area contributed by atoms with Crippen LogP contribution in [0.25, 0.3) is 0 Å². The van der Waals surface area contributed by atoms with Crippen molar-refractivity contribution < 1.29 is 15.0 Å². The summed E-state index contributed by atoms with van der Waals surface area (Å²) in [6.45, 7) is 4.20. The molecule has 0 aliphatic rings. The molecule has 0 heterocycles. The van der Waals surface area contributed by atoms with Crippen LogP contribution in [0.3, 0.4) is 0 Å². The molecule has 0 aliphatic heterocycles. The third-order valence-electron chi connectivity index (χ3n) is 4.92. The van der Waals surface area contributed by atoms with Gasteiger partial charge in [0.1, 0.15) is 0 Å². The highest BCUT2D eigenvalue weighted by Gasteiger charge is 2.18. The monoisotopic (exact) mass is 342 g/mol. The molecule has 2 N–H and O–H groups in total. The maximum Gasteiger partial charge on any atom is 0.303 e. The van der Waals surface area contributed by atoms with Gasteiger partial charge in [-0.25, -0.2) is 0 Å². The zero-order valence-corrected chi connectivity index (χ0v) is 16.3. The van der Waals surface area contributed by atoms with Gasteiger partial charge < -0.3 is 10.2 Å². The van der Waals surface area contributed by atoms with Crippen LogP contribution in [0.1, 0.15) is 123 Å². The van der Waals surface area contributed by atoms with E-state index in [9.17, 15) is 9.90 Å². The molecule has 0 aliphatic carbocycles. The van der Waals surface area contributed by atoms with Crippen molar-refractivity contribution in [1.29, 1.82) is 0 Å². The quantitative estimate of drug-likeness (QED) is 0.280. The first kappa shape index (κ1) is 23.4. The summed E-state index contributed by atoms with van der Waals surface area (Å²) in [5.74, 6) is -0.669. The van der Waals surface area contributed by atoms with Crippen molar-refractivity contribution >= 4 is 5.97 Å². The Kier molecular flexibility index (Phi) is 15.6. The molecule has 0 saturated carbocycles. The fraction of sp³-hybridized carbons (Fsp3) is 0.952. The molecule has 3 heteroatoms. The molecule has 24 heavy (non-hydrogen) atoms. The van der Waals surface area contributed by atoms with Crippen molar-refractivity contribution in [2.75, 3.05) is 0 Å². The van der Waals surface area contributed by atoms with Gasteiger partial charge in [0.2, 0.25) is 0 Å². The molecule has 3 nitrogen and oxygen atoms in total. The first-order valence-electron chi connectivity index (χ1n) is 10.4. The highest BCUT2D eigenvalue weighted by molar-refractivity contribution is 5.66. The Morgan fingerprint density at radius 1 is 0.708 bits per heavy atom. The molecule has 0 aromatic rings. The van der Waals surface area contributed by atoms with E-state index in [1.165, 1.54) is 64.2 Å². The Labute approximate surface area is 150 Å². The molecular formula is C21H42O3. The summed E-state index contributed by atoms with van der Waals surface area (Å²) in [6, 6.07) is 0. The van der Waals surface area contributed by atoms with E-state index in [-0.39, 0.29) is 0 Å². The molecule has 1 atom stereocenters. The van der Waals surface area contributed by atoms with E-state index in [0.29, 0.717) is 6.42 Å². The van der Waals surface area contributed by atoms with Gasteiger partial charge in [0.15, 0.2) is 0 Å². The minimum absolute atomic E-state index is 0.325. The standard InChI is InChI=1S/C21H42O3/c1-3-4-15-18-21(2,24)19-16-13-11-9-7-5-6-8-10-12-14-17-20(22)23/h24H,3-19H2,1-2H3,(H,22,23). The number of unbranched alkanes of at least 4 members (excludes halogenated alkanes) is 12. The predicted molar refractivity (Wildman–Crippen MR) is 102 cm³/mol. The number of carboxylic acid groups (broad SMARTS) is 1. The smallest absolute Gasteiger partial charge is 0.303 e. The lowest BCUT2D eigenvalue weighted by Gasteiger charge is -2.23. The maximum absolute atomic E-state index is 10.4. The van der Waals surface area contributed by atoms with Crippen LogP contribution < -0.4 is 0 Å². The lowest BCUT2D eigenvalue weighted by molar-refractivity contribution is -0.137. The number of carboxylic acids is 1. The van der Waals surface area contributed by atoms with Crippen LogP contribution in [0.15, 0.2) is 0 Å². The van der Waals surface area contributed by atoms with E-state index in [1.807, 2.05) is 6.92 Å². The van der Waals surface area contributed by atoms with Gasteiger partial charge in [-0.1, -0.05) is 90.4 Å². The molecule has 0 radical (unpaired) electrons. The van der Waals surface area contributed by atoms with Gasteiger partial charge in [0, 0.05) is 6.42 Å². The molecule has 0 aromatic carbocycles. The molecule has 0 aromatic heterocycles. The lowest BCUT2D eigenvalue weighted by Crippen LogP contribution is -2.23. The molecule has 0 rings (SSSR count). The van der Waals surface area contributed by atoms with Gasteiger partial charge in [0.25, 0.3) is 0 Å². The van der Waals surface area contributed by atoms with E-state index in [2.05, 4.69) is 6.92 Å². The third kappa shape index (κ3) is 17.8. The van der Waals surface area contributed by atoms with E-state index in [1.54, 1.807) is 0 Å². The molecule has 0 spiro atoms. The molecule has 0 bridgehead atoms. The van der Waals surface area contributed by atoms with E-state index < -0.39 is 11.6 Å². The largest absolute Gasteiger partial charge is 0.481 e. The fourth-order valence-corrected chi connectivity index (χ4v) is 3.25. The summed E-state index contributed by atoms with van der Waals surface area (Å²) in [4.78, 5) is 10.4. The van der Waals surface area contributed by atoms with Crippen LogP contribution in [-0.2, 0) is 4.79 Å². The van der Waals surface area contributed by atoms with E-state index in [4.69, 9.17) is 5.11 Å². The second-order valence-electron chi connectivity index (χ2n) is 7.74. The van der Waals surface area contributed by atoms with Crippen LogP contribution >= 0.6 is 0 Å². The van der Waals surface area contributed by atoms with Gasteiger partial charge in [-0.3, -0.25) is 4.79 Å². The van der Waals surface area contributed by atoms with Crippen molar-refractivity contribution in [2.24, 2.45) is 0 Å². The Balaban J connectivity index is 3.23. The van der Waals surface area contributed by atoms with Gasteiger partial charge in [-0.15, -0.1) is 0 Å². The fourth-order valence-electron chi connectivity index (χ4n) is 3.25. The van der Waals surface area contributed by atoms with Crippen molar-refractivity contribution in [3.8, 4) is 0 Å². The average molecular weight is 343 g/mol. The molecule has 0 fully saturated rings. The molecule has 1 unspecified atom stereocenters. The summed E-state index contributed by atoms with van der Waals surface area (Å²) in [5, 5.41) is 18.9. The molecule has 0 amide bonds. The Hall–Kier alpha value is -0.570. The highest BCUT2D eigenvalue weighted by atomic mass is 16.4. The zero-order chi connectivity index (χ0) is 18.1. The van der Waals surface area contributed by atoms with Crippen molar-refractivity contribution in [3.05, 3.63) is 0 Å². The summed E-state index contributed by atoms with van der Waals surface area (Å²) in [6.07, 6.45) is 19.1. The van der Waals surface area contributed by atoms with Crippen LogP contribution in [0.4, 0.5) is 0 Å². The van der Waals surface area contributed by atoms with Gasteiger partial charge in [0.05, 0.1) is 5.60 Å². The predicted octanol–water partition coefficient (Wildman–Crippen LogP) is 6.47. The Morgan fingerprint density at radius 2 is 1.08 bits per heavy atom. The first-order valence-corrected chi connectivity index (χ1v) is 10.4. The minimum atomic E-state index is -0.669. The van der Waals surface area contributed by atoms with Crippen molar-refractivity contribution in [2.45, 2.75) is 129 Å². The van der Waals surface area contributed by atoms with Crippen molar-refractivity contribution in [1.82, 2.24) is 0 Å². The van der Waals surface area contributed by atoms with E-state index in [0.717, 1.165) is 38.5 Å². The van der Waals surface area contributed by atoms with Crippen LogP contribution in [0.2, 0.25) is 0 Å². The van der Waals surface area contributed by atoms with Gasteiger partial charge in [-0.2, -0.15) is 0 Å². The summed E-state index contributed by atoms with van der Waals surface area (Å²) < 4.78 is 0. The van der Waals surface area contributed by atoms with Crippen LogP contribution in [-0.4, -0.2) is 21.8 Å². The average Bonchev–Trinajstić information content (AvgIpc) is 2.51. The number of carbonyl (C=O) groups is 1. The zero-order valence-electron chi connectivity index (χ0n) is 16.3. The SMILES string of the molecule is CCCCCC(C)(O)CCCCCCCCCCCCCC(=O)O. The normalized spacial score (nSPS) is 13.8. The van der Waals surface area contributed by atoms with Crippen molar-refractivity contribution in [3.63, 3.8) is 0 Å². The Morgan fingerprint density at radius 3 is 1.50 bits per heavy atom. The first-order chi connectivity index (χ1) is 11.5. The second-order valence-corrected chi connectivity index (χ2v) is 7.74. The lowest BCUT2D eigenvalue weighted by atomic mass is 9.92. The van der Waals surface area contributed by atoms with Gasteiger partial charge in [-0.05, 0) is 26.2 Å². The van der Waals surface area contributed by atoms with Gasteiger partial charge >= 0.3 is 5.97 Å². The number of aliphatic hydroxyl groups is 1. The highest BCUT2D eigenvalue weighted by Crippen LogP contribution is 2.22.